The van der Waals surface area contributed by atoms with Crippen molar-refractivity contribution in [2.45, 2.75) is 19.3 Å². The average Bonchev–Trinajstić information content (AvgIpc) is 4.05. The first-order valence-corrected chi connectivity index (χ1v) is 23.2. The topological polar surface area (TPSA) is 8.17 Å². The number of nitrogens with zero attached hydrogens (tertiary/aromatic N) is 2. The Balaban J connectivity index is 0.899. The molecule has 0 atom stereocenters. The zero-order valence-electron chi connectivity index (χ0n) is 35.2. The number of hydrogen-bond acceptors (Lipinski definition) is 2. The molecule has 0 saturated carbocycles. The van der Waals surface area contributed by atoms with Crippen molar-refractivity contribution >= 4 is 70.3 Å². The predicted octanol–water partition coefficient (Wildman–Crippen LogP) is 17.0. The highest BCUT2D eigenvalue weighted by Gasteiger charge is 2.24. The molecule has 11 aromatic rings. The van der Waals surface area contributed by atoms with E-state index in [0.717, 1.165) is 24.9 Å². The zero-order chi connectivity index (χ0) is 42.1. The summed E-state index contributed by atoms with van der Waals surface area (Å²) in [7, 11) is 0. The molecule has 0 spiro atoms. The molecule has 2 heterocycles. The van der Waals surface area contributed by atoms with Crippen LogP contribution in [0.4, 0.5) is 11.4 Å². The van der Waals surface area contributed by atoms with Gasteiger partial charge >= 0.3 is 0 Å². The number of benzene rings is 9. The summed E-state index contributed by atoms with van der Waals surface area (Å²) in [5, 5.41) is 5.30. The minimum absolute atomic E-state index is 0.925. The molecule has 2 nitrogen and oxygen atoms in total. The van der Waals surface area contributed by atoms with E-state index in [1.54, 1.807) is 0 Å². The summed E-state index contributed by atoms with van der Waals surface area (Å²) in [5.41, 5.74) is 20.6. The second-order valence-corrected chi connectivity index (χ2v) is 18.1. The first kappa shape index (κ1) is 36.9. The van der Waals surface area contributed by atoms with Crippen LogP contribution in [0.1, 0.15) is 29.5 Å². The Morgan fingerprint density at radius 1 is 0.406 bits per heavy atom. The van der Waals surface area contributed by atoms with E-state index in [-0.39, 0.29) is 0 Å². The standard InChI is InChI=1S/C61H42N2S/c1-3-13-40(14-4-1)41-25-31-46(32-26-41)62(47-33-27-42(28-34-47)49-20-11-22-52-50-18-8-7-15-44(50)39-56(49)52)48-35-29-43(30-36-48)51-21-12-23-53-54-37-38-58-59(61(54)64-60(51)53)55-19-9-10-24-57(55)63(58)45-16-5-2-6-17-45/h1-29,31-35,37-38H,30,36,39H2. The van der Waals surface area contributed by atoms with Crippen molar-refractivity contribution < 1.29 is 0 Å². The summed E-state index contributed by atoms with van der Waals surface area (Å²) in [6.07, 6.45) is 7.61. The Bertz CT molecular complexity index is 3660. The summed E-state index contributed by atoms with van der Waals surface area (Å²) in [6, 6.07) is 75.9. The van der Waals surface area contributed by atoms with Crippen LogP contribution in [0.3, 0.4) is 0 Å². The molecule has 302 valence electrons. The van der Waals surface area contributed by atoms with Crippen molar-refractivity contribution in [1.82, 2.24) is 4.57 Å². The molecule has 0 bridgehead atoms. The third kappa shape index (κ3) is 5.92. The van der Waals surface area contributed by atoms with Gasteiger partial charge in [0.2, 0.25) is 0 Å². The molecule has 0 N–H and O–H groups in total. The second-order valence-electron chi connectivity index (χ2n) is 17.1. The van der Waals surface area contributed by atoms with Crippen LogP contribution in [0.5, 0.6) is 0 Å². The zero-order valence-corrected chi connectivity index (χ0v) is 36.0. The fourth-order valence-corrected chi connectivity index (χ4v) is 12.0. The van der Waals surface area contributed by atoms with Crippen molar-refractivity contribution in [1.29, 1.82) is 0 Å². The first-order chi connectivity index (χ1) is 31.7. The second kappa shape index (κ2) is 15.0. The molecule has 0 fully saturated rings. The number of para-hydroxylation sites is 2. The van der Waals surface area contributed by atoms with E-state index >= 15 is 0 Å². The van der Waals surface area contributed by atoms with Gasteiger partial charge in [0.05, 0.1) is 11.0 Å². The molecule has 2 aromatic heterocycles. The maximum atomic E-state index is 2.47. The van der Waals surface area contributed by atoms with Gasteiger partial charge < -0.3 is 9.47 Å². The molecule has 3 heteroatoms. The van der Waals surface area contributed by atoms with Crippen molar-refractivity contribution in [2.75, 3.05) is 4.90 Å². The van der Waals surface area contributed by atoms with Gasteiger partial charge in [-0.25, -0.2) is 0 Å². The largest absolute Gasteiger partial charge is 0.314 e. The molecule has 2 aliphatic rings. The van der Waals surface area contributed by atoms with E-state index in [9.17, 15) is 0 Å². The summed E-state index contributed by atoms with van der Waals surface area (Å²) in [6.45, 7) is 0. The van der Waals surface area contributed by atoms with Gasteiger partial charge in [0.1, 0.15) is 0 Å². The SMILES string of the molecule is C1=C(c2cccc3c2sc2c3ccc3c2c2ccccc2n3-c2ccccc2)CCC(N(c2ccc(-c3ccccc3)cc2)c2ccc(-c3cccc4c3Cc3ccccc3-4)cc2)=C1. The highest BCUT2D eigenvalue weighted by molar-refractivity contribution is 7.27. The normalized spacial score (nSPS) is 13.3. The maximum Gasteiger partial charge on any atom is 0.0555 e. The number of allylic oxidation sites excluding steroid dienone is 4. The van der Waals surface area contributed by atoms with Crippen LogP contribution >= 0.6 is 11.3 Å². The van der Waals surface area contributed by atoms with Gasteiger partial charge in [-0.1, -0.05) is 164 Å². The highest BCUT2D eigenvalue weighted by Crippen LogP contribution is 2.47. The van der Waals surface area contributed by atoms with Crippen LogP contribution in [0.2, 0.25) is 0 Å². The number of aromatic nitrogens is 1. The molecule has 0 radical (unpaired) electrons. The lowest BCUT2D eigenvalue weighted by atomic mass is 9.93. The summed E-state index contributed by atoms with van der Waals surface area (Å²) in [5.74, 6) is 0. The molecule has 13 rings (SSSR count). The fraction of sp³-hybridized carbons (Fsp3) is 0.0492. The molecular formula is C61H42N2S. The van der Waals surface area contributed by atoms with Crippen LogP contribution in [0, 0.1) is 0 Å². The number of fused-ring (bicyclic) bond motifs is 10. The van der Waals surface area contributed by atoms with E-state index in [4.69, 9.17) is 0 Å². The Labute approximate surface area is 376 Å². The lowest BCUT2D eigenvalue weighted by molar-refractivity contribution is 0.931. The van der Waals surface area contributed by atoms with Gasteiger partial charge in [-0.15, -0.1) is 11.3 Å². The van der Waals surface area contributed by atoms with Crippen molar-refractivity contribution in [3.8, 4) is 39.1 Å². The lowest BCUT2D eigenvalue weighted by Crippen LogP contribution is -2.17. The molecule has 0 aliphatic heterocycles. The Morgan fingerprint density at radius 2 is 1.03 bits per heavy atom. The lowest BCUT2D eigenvalue weighted by Gasteiger charge is -2.30. The molecule has 9 aromatic carbocycles. The van der Waals surface area contributed by atoms with Gasteiger partial charge in [0.15, 0.2) is 0 Å². The average molecular weight is 835 g/mol. The number of rotatable bonds is 7. The minimum atomic E-state index is 0.925. The van der Waals surface area contributed by atoms with Gasteiger partial charge in [-0.3, -0.25) is 0 Å². The van der Waals surface area contributed by atoms with Crippen LogP contribution in [0.25, 0.3) is 86.6 Å². The molecule has 64 heavy (non-hydrogen) atoms. The van der Waals surface area contributed by atoms with E-state index in [2.05, 4.69) is 228 Å². The van der Waals surface area contributed by atoms with Gasteiger partial charge in [-0.2, -0.15) is 0 Å². The number of anilines is 2. The Hall–Kier alpha value is -7.72. The van der Waals surface area contributed by atoms with E-state index in [1.807, 2.05) is 11.3 Å². The van der Waals surface area contributed by atoms with E-state index in [1.165, 1.54) is 115 Å². The maximum absolute atomic E-state index is 2.47. The number of hydrogen-bond donors (Lipinski definition) is 0. The smallest absolute Gasteiger partial charge is 0.0555 e. The van der Waals surface area contributed by atoms with Crippen LogP contribution < -0.4 is 4.90 Å². The third-order valence-electron chi connectivity index (χ3n) is 13.6. The van der Waals surface area contributed by atoms with Crippen LogP contribution in [-0.2, 0) is 6.42 Å². The molecule has 0 saturated heterocycles. The van der Waals surface area contributed by atoms with Crippen molar-refractivity contribution in [3.63, 3.8) is 0 Å². The minimum Gasteiger partial charge on any atom is -0.314 e. The van der Waals surface area contributed by atoms with Gasteiger partial charge in [0.25, 0.3) is 0 Å². The first-order valence-electron chi connectivity index (χ1n) is 22.3. The summed E-state index contributed by atoms with van der Waals surface area (Å²) < 4.78 is 5.15. The Kier molecular flexibility index (Phi) is 8.63. The van der Waals surface area contributed by atoms with Gasteiger partial charge in [0, 0.05) is 53.7 Å². The third-order valence-corrected chi connectivity index (χ3v) is 14.9. The highest BCUT2D eigenvalue weighted by atomic mass is 32.1. The fourth-order valence-electron chi connectivity index (χ4n) is 10.6. The van der Waals surface area contributed by atoms with Crippen molar-refractivity contribution in [3.05, 3.63) is 241 Å². The van der Waals surface area contributed by atoms with Crippen molar-refractivity contribution in [2.24, 2.45) is 0 Å². The molecule has 0 amide bonds. The Morgan fingerprint density at radius 3 is 1.83 bits per heavy atom. The quantitative estimate of drug-likeness (QED) is 0.155. The molecule has 2 aliphatic carbocycles. The van der Waals surface area contributed by atoms with Crippen LogP contribution in [0.15, 0.2) is 224 Å². The molecular weight excluding hydrogens is 793 g/mol. The van der Waals surface area contributed by atoms with E-state index in [0.29, 0.717) is 0 Å². The predicted molar refractivity (Wildman–Crippen MR) is 273 cm³/mol. The van der Waals surface area contributed by atoms with Crippen LogP contribution in [-0.4, -0.2) is 4.57 Å². The summed E-state index contributed by atoms with van der Waals surface area (Å²) >= 11 is 1.95. The molecule has 0 unspecified atom stereocenters. The van der Waals surface area contributed by atoms with E-state index < -0.39 is 0 Å². The van der Waals surface area contributed by atoms with Gasteiger partial charge in [-0.05, 0) is 130 Å². The summed E-state index contributed by atoms with van der Waals surface area (Å²) in [4.78, 5) is 2.47. The number of thiophene rings is 1. The monoisotopic (exact) mass is 834 g/mol.